The number of carbonyl (C=O) groups excluding carboxylic acids is 2. The van der Waals surface area contributed by atoms with Crippen LogP contribution in [0, 0.1) is 13.8 Å². The highest BCUT2D eigenvalue weighted by atomic mass is 79.9. The molecule has 1 amide bonds. The largest absolute Gasteiger partial charge is 0.375 e. The number of allylic oxidation sites excluding steroid dienone is 1. The highest BCUT2D eigenvalue weighted by molar-refractivity contribution is 9.10. The molecule has 0 bridgehead atoms. The molecule has 0 aliphatic carbocycles. The van der Waals surface area contributed by atoms with Gasteiger partial charge in [-0.05, 0) is 54.8 Å². The van der Waals surface area contributed by atoms with E-state index >= 15 is 0 Å². The van der Waals surface area contributed by atoms with E-state index in [0.29, 0.717) is 17.8 Å². The number of rotatable bonds is 6. The Balaban J connectivity index is 1.66. The molecule has 0 radical (unpaired) electrons. The number of carbonyl (C=O) groups is 2. The Morgan fingerprint density at radius 1 is 1.06 bits per heavy atom. The number of aryl methyl sites for hydroxylation is 2. The summed E-state index contributed by atoms with van der Waals surface area (Å²) in [5, 5.41) is 11.5. The number of nitrogens with zero attached hydrogens (tertiary/aromatic N) is 1. The van der Waals surface area contributed by atoms with Crippen molar-refractivity contribution in [1.29, 1.82) is 0 Å². The van der Waals surface area contributed by atoms with E-state index in [4.69, 9.17) is 0 Å². The molecule has 0 spiro atoms. The van der Waals surface area contributed by atoms with Crippen LogP contribution in [0.4, 0.5) is 5.69 Å². The van der Waals surface area contributed by atoms with Crippen LogP contribution in [0.5, 0.6) is 0 Å². The highest BCUT2D eigenvalue weighted by Gasteiger charge is 2.50. The van der Waals surface area contributed by atoms with E-state index in [1.807, 2.05) is 74.5 Å². The maximum Gasteiger partial charge on any atom is 0.264 e. The zero-order chi connectivity index (χ0) is 22.9. The Morgan fingerprint density at radius 2 is 1.81 bits per heavy atom. The summed E-state index contributed by atoms with van der Waals surface area (Å²) in [4.78, 5) is 27.8. The van der Waals surface area contributed by atoms with Crippen LogP contribution in [0.3, 0.4) is 0 Å². The number of fused-ring (bicyclic) bond motifs is 1. The lowest BCUT2D eigenvalue weighted by Crippen LogP contribution is -2.41. The third-order valence-corrected chi connectivity index (χ3v) is 6.31. The van der Waals surface area contributed by atoms with E-state index in [9.17, 15) is 14.7 Å². The summed E-state index contributed by atoms with van der Waals surface area (Å²) in [7, 11) is 0. The van der Waals surface area contributed by atoms with Crippen LogP contribution in [0.1, 0.15) is 34.2 Å². The van der Waals surface area contributed by atoms with Crippen molar-refractivity contribution in [1.82, 2.24) is 0 Å². The Morgan fingerprint density at radius 3 is 2.56 bits per heavy atom. The number of aliphatic hydroxyl groups is 1. The maximum atomic E-state index is 13.5. The van der Waals surface area contributed by atoms with E-state index in [2.05, 4.69) is 15.9 Å². The van der Waals surface area contributed by atoms with E-state index in [-0.39, 0.29) is 12.2 Å². The summed E-state index contributed by atoms with van der Waals surface area (Å²) >= 11 is 3.43. The number of ketones is 1. The molecule has 32 heavy (non-hydrogen) atoms. The summed E-state index contributed by atoms with van der Waals surface area (Å²) in [5.74, 6) is -0.794. The maximum absolute atomic E-state index is 13.5. The van der Waals surface area contributed by atoms with Gasteiger partial charge in [0, 0.05) is 10.0 Å². The predicted molar refractivity (Wildman–Crippen MR) is 130 cm³/mol. The number of benzene rings is 3. The van der Waals surface area contributed by atoms with Gasteiger partial charge in [0.25, 0.3) is 5.91 Å². The lowest BCUT2D eigenvalue weighted by atomic mass is 9.89. The van der Waals surface area contributed by atoms with Crippen LogP contribution in [-0.4, -0.2) is 16.8 Å². The number of amides is 1. The van der Waals surface area contributed by atoms with E-state index < -0.39 is 11.5 Å². The number of anilines is 1. The summed E-state index contributed by atoms with van der Waals surface area (Å²) in [6.07, 6.45) is 2.80. The van der Waals surface area contributed by atoms with E-state index in [1.54, 1.807) is 17.0 Å². The Hall–Kier alpha value is -3.02. The summed E-state index contributed by atoms with van der Waals surface area (Å²) in [6, 6.07) is 20.9. The van der Waals surface area contributed by atoms with Crippen molar-refractivity contribution in [2.24, 2.45) is 0 Å². The van der Waals surface area contributed by atoms with Gasteiger partial charge in [-0.2, -0.15) is 0 Å². The minimum absolute atomic E-state index is 0.316. The van der Waals surface area contributed by atoms with Gasteiger partial charge in [0.15, 0.2) is 11.4 Å². The summed E-state index contributed by atoms with van der Waals surface area (Å²) in [5.41, 5.74) is 3.22. The second kappa shape index (κ2) is 8.85. The van der Waals surface area contributed by atoms with Crippen molar-refractivity contribution in [3.63, 3.8) is 0 Å². The molecule has 1 aliphatic heterocycles. The number of hydrogen-bond donors (Lipinski definition) is 1. The molecular formula is C27H24BrNO3. The lowest BCUT2D eigenvalue weighted by molar-refractivity contribution is -0.140. The molecule has 4 nitrogen and oxygen atoms in total. The standard InChI is InChI=1S/C27H24BrNO3/c1-18-8-9-19(2)21(14-18)17-29-25-13-11-22(28)15-24(25)27(32,26(29)31)16-23(30)12-10-20-6-4-3-5-7-20/h3-15,32H,16-17H2,1-2H3. The fourth-order valence-corrected chi connectivity index (χ4v) is 4.42. The third kappa shape index (κ3) is 4.31. The van der Waals surface area contributed by atoms with Gasteiger partial charge in [-0.1, -0.05) is 76.1 Å². The van der Waals surface area contributed by atoms with Gasteiger partial charge in [-0.3, -0.25) is 9.59 Å². The minimum atomic E-state index is -1.91. The SMILES string of the molecule is Cc1ccc(C)c(CN2C(=O)C(O)(CC(=O)C=Cc3ccccc3)c3cc(Br)ccc32)c1. The van der Waals surface area contributed by atoms with Gasteiger partial charge < -0.3 is 10.0 Å². The molecule has 5 heteroatoms. The average molecular weight is 490 g/mol. The fraction of sp³-hybridized carbons (Fsp3) is 0.185. The molecule has 3 aromatic rings. The Labute approximate surface area is 196 Å². The van der Waals surface area contributed by atoms with Crippen molar-refractivity contribution < 1.29 is 14.7 Å². The van der Waals surface area contributed by atoms with Crippen molar-refractivity contribution in [2.75, 3.05) is 4.90 Å². The highest BCUT2D eigenvalue weighted by Crippen LogP contribution is 2.44. The quantitative estimate of drug-likeness (QED) is 0.466. The predicted octanol–water partition coefficient (Wildman–Crippen LogP) is 5.47. The molecule has 1 unspecified atom stereocenters. The molecule has 0 aromatic heterocycles. The summed E-state index contributed by atoms with van der Waals surface area (Å²) in [6.45, 7) is 4.34. The zero-order valence-corrected chi connectivity index (χ0v) is 19.6. The Kier molecular flexibility index (Phi) is 6.13. The van der Waals surface area contributed by atoms with Crippen LogP contribution in [0.15, 0.2) is 77.3 Å². The van der Waals surface area contributed by atoms with Crippen LogP contribution in [-0.2, 0) is 21.7 Å². The van der Waals surface area contributed by atoms with Crippen molar-refractivity contribution >= 4 is 39.4 Å². The molecule has 3 aromatic carbocycles. The first-order valence-corrected chi connectivity index (χ1v) is 11.2. The van der Waals surface area contributed by atoms with Crippen LogP contribution in [0.25, 0.3) is 6.08 Å². The van der Waals surface area contributed by atoms with Crippen LogP contribution >= 0.6 is 15.9 Å². The second-order valence-corrected chi connectivity index (χ2v) is 9.15. The first kappa shape index (κ1) is 22.2. The van der Waals surface area contributed by atoms with Crippen LogP contribution < -0.4 is 4.90 Å². The average Bonchev–Trinajstić information content (AvgIpc) is 2.97. The molecule has 4 rings (SSSR count). The zero-order valence-electron chi connectivity index (χ0n) is 18.0. The number of halogens is 1. The van der Waals surface area contributed by atoms with Gasteiger partial charge in [-0.15, -0.1) is 0 Å². The molecular weight excluding hydrogens is 466 g/mol. The van der Waals surface area contributed by atoms with Crippen molar-refractivity contribution in [2.45, 2.75) is 32.4 Å². The van der Waals surface area contributed by atoms with Gasteiger partial charge in [0.1, 0.15) is 0 Å². The van der Waals surface area contributed by atoms with Gasteiger partial charge >= 0.3 is 0 Å². The molecule has 162 valence electrons. The van der Waals surface area contributed by atoms with Crippen molar-refractivity contribution in [3.05, 3.63) is 105 Å². The first-order chi connectivity index (χ1) is 15.3. The third-order valence-electron chi connectivity index (χ3n) is 5.82. The topological polar surface area (TPSA) is 57.6 Å². The monoisotopic (exact) mass is 489 g/mol. The molecule has 0 saturated heterocycles. The van der Waals surface area contributed by atoms with Gasteiger partial charge in [-0.25, -0.2) is 0 Å². The van der Waals surface area contributed by atoms with Gasteiger partial charge in [0.2, 0.25) is 0 Å². The first-order valence-electron chi connectivity index (χ1n) is 10.4. The fourth-order valence-electron chi connectivity index (χ4n) is 4.06. The van der Waals surface area contributed by atoms with Crippen LogP contribution in [0.2, 0.25) is 0 Å². The van der Waals surface area contributed by atoms with Gasteiger partial charge in [0.05, 0.1) is 18.7 Å². The van der Waals surface area contributed by atoms with E-state index in [0.717, 1.165) is 26.7 Å². The molecule has 1 atom stereocenters. The molecule has 0 saturated carbocycles. The smallest absolute Gasteiger partial charge is 0.264 e. The second-order valence-electron chi connectivity index (χ2n) is 8.23. The normalized spacial score (nSPS) is 17.8. The van der Waals surface area contributed by atoms with E-state index in [1.165, 1.54) is 6.08 Å². The molecule has 1 N–H and O–H groups in total. The molecule has 1 heterocycles. The Bertz CT molecular complexity index is 1220. The minimum Gasteiger partial charge on any atom is -0.375 e. The lowest BCUT2D eigenvalue weighted by Gasteiger charge is -2.23. The number of hydrogen-bond acceptors (Lipinski definition) is 3. The molecule has 1 aliphatic rings. The van der Waals surface area contributed by atoms with Crippen molar-refractivity contribution in [3.8, 4) is 0 Å². The molecule has 0 fully saturated rings. The summed E-state index contributed by atoms with van der Waals surface area (Å²) < 4.78 is 0.739.